The van der Waals surface area contributed by atoms with E-state index in [0.717, 1.165) is 49.3 Å². The molecule has 0 radical (unpaired) electrons. The van der Waals surface area contributed by atoms with Gasteiger partial charge in [-0.2, -0.15) is 0 Å². The lowest BCUT2D eigenvalue weighted by molar-refractivity contribution is -0.147. The zero-order valence-electron chi connectivity index (χ0n) is 30.6. The first-order valence-corrected chi connectivity index (χ1v) is 18.4. The minimum Gasteiger partial charge on any atom is -0.493 e. The van der Waals surface area contributed by atoms with Gasteiger partial charge in [0.05, 0.1) is 30.8 Å². The number of carbonyl (C=O) groups is 1. The molecule has 1 atom stereocenters. The Kier molecular flexibility index (Phi) is 12.6. The van der Waals surface area contributed by atoms with Crippen LogP contribution in [0, 0.1) is 6.92 Å². The van der Waals surface area contributed by atoms with Crippen LogP contribution >= 0.6 is 11.6 Å². The molecule has 1 aliphatic carbocycles. The highest BCUT2D eigenvalue weighted by Gasteiger charge is 2.35. The normalized spacial score (nSPS) is 16.8. The average Bonchev–Trinajstić information content (AvgIpc) is 3.47. The summed E-state index contributed by atoms with van der Waals surface area (Å²) in [6.45, 7) is 17.3. The second kappa shape index (κ2) is 16.6. The standard InChI is InChI=1S/C41H55ClN2O5/c1-8-23-46-38-26-39(35(42)25-30(38)27-43(7)21-18-40(45)48-28(2)3)49-37-17-16-33-32(13-9-14-34(33)37)31-12-10-15-36(29(31)4)47-24-11-20-44-22-19-41(44,5)6/h9-10,12-15,25-26,28,37H,8,11,16-24,27H2,1-7H3/t37-/m0/s1. The van der Waals surface area contributed by atoms with E-state index in [4.69, 9.17) is 30.5 Å². The van der Waals surface area contributed by atoms with Gasteiger partial charge < -0.3 is 23.8 Å². The van der Waals surface area contributed by atoms with Crippen molar-refractivity contribution in [2.75, 3.05) is 39.9 Å². The Balaban J connectivity index is 1.28. The SMILES string of the molecule is CCCOc1cc(O[C@H]2CCc3c(-c4cccc(OCCCN5CCC5(C)C)c4C)cccc32)c(Cl)cc1CN(C)CCC(=O)OC(C)C. The number of benzene rings is 3. The summed E-state index contributed by atoms with van der Waals surface area (Å²) in [5.41, 5.74) is 7.42. The van der Waals surface area contributed by atoms with Gasteiger partial charge in [0.25, 0.3) is 0 Å². The van der Waals surface area contributed by atoms with Gasteiger partial charge in [0, 0.05) is 43.3 Å². The lowest BCUT2D eigenvalue weighted by Crippen LogP contribution is -2.55. The fourth-order valence-electron chi connectivity index (χ4n) is 6.89. The van der Waals surface area contributed by atoms with Crippen molar-refractivity contribution in [3.63, 3.8) is 0 Å². The second-order valence-electron chi connectivity index (χ2n) is 14.5. The number of ether oxygens (including phenoxy) is 4. The molecule has 1 aliphatic heterocycles. The van der Waals surface area contributed by atoms with Crippen LogP contribution in [0.2, 0.25) is 5.02 Å². The molecule has 49 heavy (non-hydrogen) atoms. The summed E-state index contributed by atoms with van der Waals surface area (Å²) in [5, 5.41) is 0.550. The van der Waals surface area contributed by atoms with Gasteiger partial charge in [-0.25, -0.2) is 0 Å². The van der Waals surface area contributed by atoms with Crippen LogP contribution in [-0.2, 0) is 22.5 Å². The zero-order valence-corrected chi connectivity index (χ0v) is 31.3. The van der Waals surface area contributed by atoms with E-state index in [1.165, 1.54) is 40.8 Å². The third-order valence-electron chi connectivity index (χ3n) is 9.82. The molecule has 0 spiro atoms. The maximum Gasteiger partial charge on any atom is 0.307 e. The van der Waals surface area contributed by atoms with E-state index in [-0.39, 0.29) is 18.2 Å². The molecule has 0 bridgehead atoms. The molecule has 1 heterocycles. The first-order valence-electron chi connectivity index (χ1n) is 18.1. The van der Waals surface area contributed by atoms with Crippen LogP contribution in [0.15, 0.2) is 48.5 Å². The third kappa shape index (κ3) is 9.30. The molecule has 266 valence electrons. The summed E-state index contributed by atoms with van der Waals surface area (Å²) in [6.07, 6.45) is 5.06. The molecule has 3 aromatic rings. The molecule has 3 aromatic carbocycles. The summed E-state index contributed by atoms with van der Waals surface area (Å²) in [5.74, 6) is 2.14. The highest BCUT2D eigenvalue weighted by molar-refractivity contribution is 6.32. The molecule has 0 saturated carbocycles. The fraction of sp³-hybridized carbons (Fsp3) is 0.537. The minimum atomic E-state index is -0.195. The van der Waals surface area contributed by atoms with Crippen molar-refractivity contribution < 1.29 is 23.7 Å². The Hall–Kier alpha value is -3.26. The number of nitrogens with zero attached hydrogens (tertiary/aromatic N) is 2. The number of carbonyl (C=O) groups excluding carboxylic acids is 1. The van der Waals surface area contributed by atoms with Crippen LogP contribution in [-0.4, -0.2) is 67.3 Å². The molecule has 1 fully saturated rings. The topological polar surface area (TPSA) is 60.5 Å². The smallest absolute Gasteiger partial charge is 0.307 e. The summed E-state index contributed by atoms with van der Waals surface area (Å²) >= 11 is 6.88. The van der Waals surface area contributed by atoms with Crippen molar-refractivity contribution in [1.82, 2.24) is 9.80 Å². The number of esters is 1. The summed E-state index contributed by atoms with van der Waals surface area (Å²) in [4.78, 5) is 16.7. The molecule has 7 nitrogen and oxygen atoms in total. The van der Waals surface area contributed by atoms with Crippen LogP contribution < -0.4 is 14.2 Å². The Morgan fingerprint density at radius 2 is 1.80 bits per heavy atom. The monoisotopic (exact) mass is 690 g/mol. The fourth-order valence-corrected chi connectivity index (χ4v) is 7.12. The number of hydrogen-bond donors (Lipinski definition) is 0. The van der Waals surface area contributed by atoms with E-state index in [1.807, 2.05) is 33.0 Å². The van der Waals surface area contributed by atoms with E-state index in [0.29, 0.717) is 49.0 Å². The third-order valence-corrected chi connectivity index (χ3v) is 10.1. The maximum absolute atomic E-state index is 12.1. The Bertz CT molecular complexity index is 1590. The van der Waals surface area contributed by atoms with Gasteiger partial charge in [-0.15, -0.1) is 0 Å². The van der Waals surface area contributed by atoms with Crippen molar-refractivity contribution in [3.8, 4) is 28.4 Å². The van der Waals surface area contributed by atoms with Crippen molar-refractivity contribution in [2.24, 2.45) is 0 Å². The van der Waals surface area contributed by atoms with Crippen LogP contribution in [0.4, 0.5) is 0 Å². The van der Waals surface area contributed by atoms with Crippen LogP contribution in [0.1, 0.15) is 95.1 Å². The molecule has 0 unspecified atom stereocenters. The Morgan fingerprint density at radius 3 is 2.51 bits per heavy atom. The molecule has 5 rings (SSSR count). The molecule has 2 aliphatic rings. The Morgan fingerprint density at radius 1 is 1.04 bits per heavy atom. The number of fused-ring (bicyclic) bond motifs is 1. The van der Waals surface area contributed by atoms with Crippen molar-refractivity contribution in [3.05, 3.63) is 75.8 Å². The summed E-state index contributed by atoms with van der Waals surface area (Å²) in [6, 6.07) is 16.8. The van der Waals surface area contributed by atoms with Crippen molar-refractivity contribution in [1.29, 1.82) is 0 Å². The number of rotatable bonds is 17. The molecule has 0 N–H and O–H groups in total. The van der Waals surface area contributed by atoms with Gasteiger partial charge in [-0.3, -0.25) is 9.69 Å². The van der Waals surface area contributed by atoms with Crippen molar-refractivity contribution >= 4 is 17.6 Å². The lowest BCUT2D eigenvalue weighted by Gasteiger charge is -2.48. The first kappa shape index (κ1) is 37.0. The summed E-state index contributed by atoms with van der Waals surface area (Å²) in [7, 11) is 1.98. The van der Waals surface area contributed by atoms with E-state index in [2.05, 4.69) is 73.9 Å². The first-order chi connectivity index (χ1) is 23.5. The van der Waals surface area contributed by atoms with Gasteiger partial charge in [0.15, 0.2) is 0 Å². The highest BCUT2D eigenvalue weighted by atomic mass is 35.5. The van der Waals surface area contributed by atoms with Crippen LogP contribution in [0.5, 0.6) is 17.2 Å². The van der Waals surface area contributed by atoms with E-state index in [1.54, 1.807) is 0 Å². The number of halogens is 1. The average molecular weight is 691 g/mol. The van der Waals surface area contributed by atoms with Crippen LogP contribution in [0.25, 0.3) is 11.1 Å². The van der Waals surface area contributed by atoms with E-state index >= 15 is 0 Å². The van der Waals surface area contributed by atoms with Gasteiger partial charge in [0.2, 0.25) is 0 Å². The predicted molar refractivity (Wildman–Crippen MR) is 198 cm³/mol. The summed E-state index contributed by atoms with van der Waals surface area (Å²) < 4.78 is 24.5. The number of likely N-dealkylation sites (tertiary alicyclic amines) is 1. The molecule has 1 saturated heterocycles. The van der Waals surface area contributed by atoms with Crippen LogP contribution in [0.3, 0.4) is 0 Å². The largest absolute Gasteiger partial charge is 0.493 e. The van der Waals surface area contributed by atoms with Gasteiger partial charge >= 0.3 is 5.97 Å². The minimum absolute atomic E-state index is 0.113. The molecule has 8 heteroatoms. The predicted octanol–water partition coefficient (Wildman–Crippen LogP) is 9.20. The zero-order chi connectivity index (χ0) is 35.1. The van der Waals surface area contributed by atoms with Crippen molar-refractivity contribution in [2.45, 2.75) is 104 Å². The maximum atomic E-state index is 12.1. The van der Waals surface area contributed by atoms with Gasteiger partial charge in [-0.1, -0.05) is 48.9 Å². The van der Waals surface area contributed by atoms with E-state index in [9.17, 15) is 4.79 Å². The number of hydrogen-bond acceptors (Lipinski definition) is 7. The highest BCUT2D eigenvalue weighted by Crippen LogP contribution is 2.44. The van der Waals surface area contributed by atoms with E-state index < -0.39 is 0 Å². The quantitative estimate of drug-likeness (QED) is 0.103. The van der Waals surface area contributed by atoms with Gasteiger partial charge in [-0.05, 0) is 114 Å². The molecule has 0 aromatic heterocycles. The molecular weight excluding hydrogens is 636 g/mol. The van der Waals surface area contributed by atoms with Gasteiger partial charge in [0.1, 0.15) is 23.4 Å². The molecular formula is C41H55ClN2O5. The lowest BCUT2D eigenvalue weighted by atomic mass is 9.89. The molecule has 0 amide bonds. The Labute approximate surface area is 298 Å². The second-order valence-corrected chi connectivity index (χ2v) is 14.9.